The zero-order chi connectivity index (χ0) is 21.8. The Hall–Kier alpha value is -3.86. The van der Waals surface area contributed by atoms with Crippen LogP contribution >= 0.6 is 0 Å². The summed E-state index contributed by atoms with van der Waals surface area (Å²) in [4.78, 5) is 26.5. The Balaban J connectivity index is 1.96. The summed E-state index contributed by atoms with van der Waals surface area (Å²) in [6, 6.07) is 25.7. The molecular weight excluding hydrogens is 390 g/mol. The molecule has 0 radical (unpaired) electrons. The maximum absolute atomic E-state index is 13.4. The van der Waals surface area contributed by atoms with Crippen LogP contribution in [0.1, 0.15) is 22.7 Å². The van der Waals surface area contributed by atoms with Gasteiger partial charge in [0.1, 0.15) is 11.7 Å². The number of carbonyl (C=O) groups is 2. The van der Waals surface area contributed by atoms with Crippen LogP contribution in [0.4, 0.5) is 0 Å². The van der Waals surface area contributed by atoms with Gasteiger partial charge >= 0.3 is 5.97 Å². The predicted octanol–water partition coefficient (Wildman–Crippen LogP) is 4.27. The Kier molecular flexibility index (Phi) is 5.85. The molecule has 0 bridgehead atoms. The van der Waals surface area contributed by atoms with Gasteiger partial charge in [-0.3, -0.25) is 9.59 Å². The van der Waals surface area contributed by atoms with Crippen molar-refractivity contribution in [3.05, 3.63) is 102 Å². The lowest BCUT2D eigenvalue weighted by atomic mass is 9.76. The topological polar surface area (TPSA) is 64.6 Å². The van der Waals surface area contributed by atoms with Gasteiger partial charge in [-0.05, 0) is 34.4 Å². The highest BCUT2D eigenvalue weighted by Gasteiger charge is 2.42. The monoisotopic (exact) mass is 413 g/mol. The van der Waals surface area contributed by atoms with Crippen LogP contribution in [0, 0.1) is 5.92 Å². The van der Waals surface area contributed by atoms with Crippen molar-refractivity contribution in [1.29, 1.82) is 0 Å². The second-order valence-corrected chi connectivity index (χ2v) is 7.25. The number of rotatable bonds is 5. The fourth-order valence-corrected chi connectivity index (χ4v) is 4.04. The second-order valence-electron chi connectivity index (χ2n) is 7.25. The van der Waals surface area contributed by atoms with E-state index in [1.807, 2.05) is 84.9 Å². The molecule has 2 atom stereocenters. The van der Waals surface area contributed by atoms with Gasteiger partial charge in [-0.1, -0.05) is 72.8 Å². The first kappa shape index (κ1) is 20.4. The predicted molar refractivity (Wildman–Crippen MR) is 119 cm³/mol. The van der Waals surface area contributed by atoms with Gasteiger partial charge in [-0.25, -0.2) is 0 Å². The number of methoxy groups -OCH3 is 2. The third kappa shape index (κ3) is 3.94. The first-order valence-electron chi connectivity index (χ1n) is 10.0. The van der Waals surface area contributed by atoms with Crippen LogP contribution in [-0.2, 0) is 14.3 Å². The lowest BCUT2D eigenvalue weighted by molar-refractivity contribution is -0.144. The molecule has 5 heteroatoms. The fraction of sp³-hybridized carbons (Fsp3) is 0.154. The minimum atomic E-state index is -0.714. The lowest BCUT2D eigenvalue weighted by Crippen LogP contribution is -2.43. The van der Waals surface area contributed by atoms with Crippen LogP contribution in [-0.4, -0.2) is 26.1 Å². The molecule has 156 valence electrons. The highest BCUT2D eigenvalue weighted by atomic mass is 16.5. The van der Waals surface area contributed by atoms with Crippen LogP contribution in [0.2, 0.25) is 0 Å². The lowest BCUT2D eigenvalue weighted by Gasteiger charge is -2.35. The molecule has 1 N–H and O–H groups in total. The summed E-state index contributed by atoms with van der Waals surface area (Å²) in [7, 11) is 2.96. The Morgan fingerprint density at radius 2 is 1.39 bits per heavy atom. The van der Waals surface area contributed by atoms with Crippen molar-refractivity contribution in [2.24, 2.45) is 5.92 Å². The largest absolute Gasteiger partial charge is 0.497 e. The van der Waals surface area contributed by atoms with Gasteiger partial charge in [0.05, 0.1) is 25.8 Å². The van der Waals surface area contributed by atoms with Crippen molar-refractivity contribution in [1.82, 2.24) is 5.32 Å². The summed E-state index contributed by atoms with van der Waals surface area (Å²) in [6.45, 7) is 0. The van der Waals surface area contributed by atoms with E-state index in [-0.39, 0.29) is 5.91 Å². The van der Waals surface area contributed by atoms with E-state index in [0.29, 0.717) is 16.9 Å². The van der Waals surface area contributed by atoms with E-state index in [1.54, 1.807) is 7.11 Å². The van der Waals surface area contributed by atoms with Gasteiger partial charge in [-0.15, -0.1) is 0 Å². The Morgan fingerprint density at radius 1 is 0.806 bits per heavy atom. The Labute approximate surface area is 181 Å². The summed E-state index contributed by atoms with van der Waals surface area (Å²) in [5.74, 6) is -0.655. The minimum absolute atomic E-state index is 0.231. The summed E-state index contributed by atoms with van der Waals surface area (Å²) >= 11 is 0. The molecule has 3 aromatic carbocycles. The first-order valence-corrected chi connectivity index (χ1v) is 10.0. The van der Waals surface area contributed by atoms with Crippen LogP contribution in [0.15, 0.2) is 84.9 Å². The third-order valence-corrected chi connectivity index (χ3v) is 5.50. The highest BCUT2D eigenvalue weighted by Crippen LogP contribution is 2.43. The number of amides is 1. The molecule has 0 aromatic heterocycles. The molecular formula is C26H23NO4. The maximum Gasteiger partial charge on any atom is 0.315 e. The van der Waals surface area contributed by atoms with E-state index >= 15 is 0 Å². The molecule has 5 nitrogen and oxygen atoms in total. The third-order valence-electron chi connectivity index (χ3n) is 5.50. The Bertz CT molecular complexity index is 1110. The average molecular weight is 413 g/mol. The van der Waals surface area contributed by atoms with E-state index in [4.69, 9.17) is 9.47 Å². The molecule has 0 fully saturated rings. The van der Waals surface area contributed by atoms with Gasteiger partial charge in [-0.2, -0.15) is 0 Å². The summed E-state index contributed by atoms with van der Waals surface area (Å²) in [5.41, 5.74) is 3.49. The van der Waals surface area contributed by atoms with Crippen molar-refractivity contribution in [2.45, 2.75) is 6.04 Å². The van der Waals surface area contributed by atoms with Crippen molar-refractivity contribution in [3.63, 3.8) is 0 Å². The number of ether oxygens (including phenoxy) is 2. The number of hydrogen-bond donors (Lipinski definition) is 1. The van der Waals surface area contributed by atoms with Crippen LogP contribution < -0.4 is 10.1 Å². The van der Waals surface area contributed by atoms with Crippen molar-refractivity contribution < 1.29 is 19.1 Å². The van der Waals surface area contributed by atoms with Gasteiger partial charge < -0.3 is 14.8 Å². The molecule has 0 saturated heterocycles. The number of esters is 1. The zero-order valence-corrected chi connectivity index (χ0v) is 17.4. The molecule has 4 rings (SSSR count). The molecule has 31 heavy (non-hydrogen) atoms. The van der Waals surface area contributed by atoms with E-state index < -0.39 is 17.9 Å². The van der Waals surface area contributed by atoms with E-state index in [2.05, 4.69) is 5.32 Å². The molecule has 0 spiro atoms. The van der Waals surface area contributed by atoms with Crippen molar-refractivity contribution in [3.8, 4) is 5.75 Å². The van der Waals surface area contributed by atoms with Crippen LogP contribution in [0.5, 0.6) is 5.75 Å². The maximum atomic E-state index is 13.4. The standard InChI is InChI=1S/C26H23NO4/c1-30-20-15-13-19(14-16-20)24-23(26(29)31-2)21(17-9-5-3-6-10-17)22(25(28)27-24)18-11-7-4-8-12-18/h3-16,23-24H,1-2H3,(H,27,28)/t23-,24+/m0/s1. The van der Waals surface area contributed by atoms with Crippen molar-refractivity contribution in [2.75, 3.05) is 14.2 Å². The molecule has 1 amide bonds. The van der Waals surface area contributed by atoms with E-state index in [1.165, 1.54) is 7.11 Å². The SMILES string of the molecule is COC(=O)[C@H]1C(c2ccccc2)=C(c2ccccc2)C(=O)N[C@@H]1c1ccc(OC)cc1. The second kappa shape index (κ2) is 8.88. The van der Waals surface area contributed by atoms with Crippen LogP contribution in [0.25, 0.3) is 11.1 Å². The van der Waals surface area contributed by atoms with Crippen molar-refractivity contribution >= 4 is 23.0 Å². The molecule has 1 aliphatic rings. The molecule has 1 aliphatic heterocycles. The molecule has 0 saturated carbocycles. The van der Waals surface area contributed by atoms with Gasteiger partial charge in [0.25, 0.3) is 5.91 Å². The first-order chi connectivity index (χ1) is 15.1. The number of hydrogen-bond acceptors (Lipinski definition) is 4. The van der Waals surface area contributed by atoms with E-state index in [9.17, 15) is 9.59 Å². The van der Waals surface area contributed by atoms with E-state index in [0.717, 1.165) is 16.7 Å². The molecule has 3 aromatic rings. The highest BCUT2D eigenvalue weighted by molar-refractivity contribution is 6.30. The Morgan fingerprint density at radius 3 is 1.94 bits per heavy atom. The summed E-state index contributed by atoms with van der Waals surface area (Å²) in [5, 5.41) is 3.05. The van der Waals surface area contributed by atoms with Gasteiger partial charge in [0, 0.05) is 0 Å². The minimum Gasteiger partial charge on any atom is -0.497 e. The van der Waals surface area contributed by atoms with Gasteiger partial charge in [0.2, 0.25) is 0 Å². The smallest absolute Gasteiger partial charge is 0.315 e. The number of carbonyl (C=O) groups excluding carboxylic acids is 2. The quantitative estimate of drug-likeness (QED) is 0.635. The zero-order valence-electron chi connectivity index (χ0n) is 17.4. The molecule has 0 aliphatic carbocycles. The molecule has 0 unspecified atom stereocenters. The number of benzene rings is 3. The summed E-state index contributed by atoms with van der Waals surface area (Å²) in [6.07, 6.45) is 0. The normalized spacial score (nSPS) is 18.3. The number of nitrogens with one attached hydrogen (secondary N) is 1. The average Bonchev–Trinajstić information content (AvgIpc) is 2.84. The van der Waals surface area contributed by atoms with Crippen LogP contribution in [0.3, 0.4) is 0 Å². The summed E-state index contributed by atoms with van der Waals surface area (Å²) < 4.78 is 10.5. The molecule has 1 heterocycles. The fourth-order valence-electron chi connectivity index (χ4n) is 4.04. The van der Waals surface area contributed by atoms with Gasteiger partial charge in [0.15, 0.2) is 0 Å².